The Hall–Kier alpha value is -3.04. The Balaban J connectivity index is 2.02. The molecule has 0 spiro atoms. The zero-order valence-electron chi connectivity index (χ0n) is 17.3. The summed E-state index contributed by atoms with van der Waals surface area (Å²) < 4.78 is 0. The molecule has 1 aliphatic carbocycles. The van der Waals surface area contributed by atoms with Crippen molar-refractivity contribution < 1.29 is 14.7 Å². The summed E-state index contributed by atoms with van der Waals surface area (Å²) in [5.41, 5.74) is 6.12. The van der Waals surface area contributed by atoms with Crippen molar-refractivity contribution in [2.24, 2.45) is 5.73 Å². The maximum atomic E-state index is 11.6. The van der Waals surface area contributed by atoms with Gasteiger partial charge in [0.15, 0.2) is 10.6 Å². The van der Waals surface area contributed by atoms with Gasteiger partial charge in [-0.1, -0.05) is 66.8 Å². The normalized spacial score (nSPS) is 22.0. The molecule has 2 aromatic rings. The highest BCUT2D eigenvalue weighted by atomic mass is 35.5. The minimum Gasteiger partial charge on any atom is -0.370 e. The van der Waals surface area contributed by atoms with Gasteiger partial charge in [-0.3, -0.25) is 10.1 Å². The fourth-order valence-electron chi connectivity index (χ4n) is 3.37. The third-order valence-corrected chi connectivity index (χ3v) is 6.06. The summed E-state index contributed by atoms with van der Waals surface area (Å²) >= 11 is 12.3. The van der Waals surface area contributed by atoms with Gasteiger partial charge in [0.25, 0.3) is 0 Å². The molecule has 0 heterocycles. The molecule has 6 N–H and O–H groups in total. The first-order chi connectivity index (χ1) is 15.1. The quantitative estimate of drug-likeness (QED) is 0.253. The number of para-hydroxylation sites is 1. The number of nitrogens with two attached hydrogens (primary N) is 1. The van der Waals surface area contributed by atoms with E-state index in [1.54, 1.807) is 30.3 Å². The molecule has 2 unspecified atom stereocenters. The molecule has 166 valence electrons. The number of hydrogen-bond acceptors (Lipinski definition) is 5. The van der Waals surface area contributed by atoms with Crippen LogP contribution in [0.15, 0.2) is 72.8 Å². The van der Waals surface area contributed by atoms with E-state index >= 15 is 0 Å². The summed E-state index contributed by atoms with van der Waals surface area (Å²) in [5.74, 6) is -0.234. The molecular formula is C23H23ClN4O3S. The van der Waals surface area contributed by atoms with Crippen molar-refractivity contribution in [2.45, 2.75) is 24.1 Å². The van der Waals surface area contributed by atoms with Crippen molar-refractivity contribution in [3.8, 4) is 0 Å². The lowest BCUT2D eigenvalue weighted by molar-refractivity contribution is -0.114. The molecule has 9 heteroatoms. The second kappa shape index (κ2) is 9.62. The molecule has 0 saturated heterocycles. The molecule has 0 bridgehead atoms. The van der Waals surface area contributed by atoms with Gasteiger partial charge >= 0.3 is 6.03 Å². The fourth-order valence-corrected chi connectivity index (χ4v) is 3.98. The van der Waals surface area contributed by atoms with Crippen LogP contribution in [0.4, 0.5) is 10.5 Å². The molecule has 1 aliphatic rings. The number of amides is 3. The van der Waals surface area contributed by atoms with Gasteiger partial charge in [0.2, 0.25) is 5.91 Å². The molecule has 7 nitrogen and oxygen atoms in total. The van der Waals surface area contributed by atoms with E-state index in [1.807, 2.05) is 30.3 Å². The van der Waals surface area contributed by atoms with E-state index < -0.39 is 16.6 Å². The molecule has 2 aromatic carbocycles. The SMILES string of the molecule is CC(=O)Nc1ccccc1C1=CC(Cl)(C(=S)NC(N)=O)C(O)(NCc2ccccc2)C=C1. The fraction of sp³-hybridized carbons (Fsp3) is 0.174. The molecule has 0 aliphatic heterocycles. The van der Waals surface area contributed by atoms with Crippen LogP contribution in [0.2, 0.25) is 0 Å². The highest BCUT2D eigenvalue weighted by Gasteiger charge is 2.51. The highest BCUT2D eigenvalue weighted by molar-refractivity contribution is 7.80. The van der Waals surface area contributed by atoms with Crippen LogP contribution in [0.25, 0.3) is 5.57 Å². The Kier molecular flexibility index (Phi) is 7.10. The van der Waals surface area contributed by atoms with Crippen molar-refractivity contribution in [1.82, 2.24) is 10.6 Å². The summed E-state index contributed by atoms with van der Waals surface area (Å²) in [5, 5.41) is 19.6. The molecular weight excluding hydrogens is 448 g/mol. The van der Waals surface area contributed by atoms with Gasteiger partial charge in [0, 0.05) is 24.7 Å². The van der Waals surface area contributed by atoms with Crippen LogP contribution in [0.5, 0.6) is 0 Å². The second-order valence-electron chi connectivity index (χ2n) is 7.30. The number of thiocarbonyl (C=S) groups is 1. The average molecular weight is 471 g/mol. The number of nitrogens with one attached hydrogen (secondary N) is 3. The van der Waals surface area contributed by atoms with Gasteiger partial charge in [0.05, 0.1) is 0 Å². The summed E-state index contributed by atoms with van der Waals surface area (Å²) in [6.45, 7) is 1.69. The van der Waals surface area contributed by atoms with Crippen molar-refractivity contribution >= 4 is 52.0 Å². The van der Waals surface area contributed by atoms with E-state index in [9.17, 15) is 14.7 Å². The van der Waals surface area contributed by atoms with Crippen LogP contribution >= 0.6 is 23.8 Å². The maximum absolute atomic E-state index is 11.6. The third-order valence-electron chi connectivity index (χ3n) is 4.93. The van der Waals surface area contributed by atoms with Gasteiger partial charge < -0.3 is 21.5 Å². The highest BCUT2D eigenvalue weighted by Crippen LogP contribution is 2.40. The molecule has 0 radical (unpaired) electrons. The first kappa shape index (κ1) is 23.6. The van der Waals surface area contributed by atoms with Gasteiger partial charge in [-0.2, -0.15) is 0 Å². The Morgan fingerprint density at radius 2 is 1.78 bits per heavy atom. The smallest absolute Gasteiger partial charge is 0.317 e. The average Bonchev–Trinajstić information content (AvgIpc) is 2.75. The van der Waals surface area contributed by atoms with Crippen LogP contribution < -0.4 is 21.7 Å². The summed E-state index contributed by atoms with van der Waals surface area (Å²) in [6.07, 6.45) is 4.68. The number of anilines is 1. The molecule has 0 saturated carbocycles. The number of aliphatic hydroxyl groups is 1. The Morgan fingerprint density at radius 3 is 2.44 bits per heavy atom. The van der Waals surface area contributed by atoms with Crippen LogP contribution in [-0.4, -0.2) is 32.6 Å². The lowest BCUT2D eigenvalue weighted by Gasteiger charge is -2.42. The summed E-state index contributed by atoms with van der Waals surface area (Å²) in [4.78, 5) is 21.2. The van der Waals surface area contributed by atoms with E-state index in [2.05, 4.69) is 16.0 Å². The molecule has 0 fully saturated rings. The number of carbonyl (C=O) groups is 2. The first-order valence-corrected chi connectivity index (χ1v) is 10.5. The maximum Gasteiger partial charge on any atom is 0.317 e. The monoisotopic (exact) mass is 470 g/mol. The van der Waals surface area contributed by atoms with Gasteiger partial charge in [-0.05, 0) is 29.4 Å². The molecule has 3 amide bonds. The van der Waals surface area contributed by atoms with E-state index in [4.69, 9.17) is 29.6 Å². The topological polar surface area (TPSA) is 116 Å². The number of alkyl halides is 1. The summed E-state index contributed by atoms with van der Waals surface area (Å²) in [7, 11) is 0. The number of hydrogen-bond donors (Lipinski definition) is 5. The van der Waals surface area contributed by atoms with Crippen molar-refractivity contribution in [3.05, 3.63) is 84.0 Å². The van der Waals surface area contributed by atoms with Crippen LogP contribution in [0.3, 0.4) is 0 Å². The first-order valence-electron chi connectivity index (χ1n) is 9.75. The standard InChI is InChI=1S/C23H23ClN4O3S/c1-15(29)27-19-10-6-5-9-18(19)17-11-12-23(31,26-14-16-7-3-2-4-8-16)22(24,13-17)20(32)28-21(25)30/h2-13,26,31H,14H2,1H3,(H,27,29)(H3,25,28,30,32). The molecule has 32 heavy (non-hydrogen) atoms. The predicted octanol–water partition coefficient (Wildman–Crippen LogP) is 3.05. The lowest BCUT2D eigenvalue weighted by Crippen LogP contribution is -2.65. The minimum atomic E-state index is -1.85. The van der Waals surface area contributed by atoms with E-state index in [0.29, 0.717) is 16.8 Å². The third kappa shape index (κ3) is 5.05. The lowest BCUT2D eigenvalue weighted by atomic mass is 9.84. The van der Waals surface area contributed by atoms with Gasteiger partial charge in [-0.15, -0.1) is 11.6 Å². The predicted molar refractivity (Wildman–Crippen MR) is 130 cm³/mol. The number of carbonyl (C=O) groups excluding carboxylic acids is 2. The van der Waals surface area contributed by atoms with E-state index in [0.717, 1.165) is 5.56 Å². The van der Waals surface area contributed by atoms with Crippen LogP contribution in [-0.2, 0) is 11.3 Å². The zero-order valence-corrected chi connectivity index (χ0v) is 18.8. The van der Waals surface area contributed by atoms with Gasteiger partial charge in [0.1, 0.15) is 4.99 Å². The van der Waals surface area contributed by atoms with E-state index in [-0.39, 0.29) is 17.4 Å². The number of halogens is 1. The Labute approximate surface area is 196 Å². The largest absolute Gasteiger partial charge is 0.370 e. The number of urea groups is 1. The second-order valence-corrected chi connectivity index (χ2v) is 8.30. The molecule has 0 aromatic heterocycles. The minimum absolute atomic E-state index is 0.173. The number of benzene rings is 2. The van der Waals surface area contributed by atoms with Crippen molar-refractivity contribution in [3.63, 3.8) is 0 Å². The number of allylic oxidation sites excluding steroid dienone is 2. The molecule has 2 atom stereocenters. The zero-order chi connectivity index (χ0) is 23.4. The van der Waals surface area contributed by atoms with Crippen LogP contribution in [0.1, 0.15) is 18.1 Å². The number of primary amides is 1. The Bertz CT molecular complexity index is 1110. The van der Waals surface area contributed by atoms with Crippen molar-refractivity contribution in [1.29, 1.82) is 0 Å². The number of rotatable bonds is 6. The summed E-state index contributed by atoms with van der Waals surface area (Å²) in [6, 6.07) is 15.7. The van der Waals surface area contributed by atoms with Gasteiger partial charge in [-0.25, -0.2) is 4.79 Å². The van der Waals surface area contributed by atoms with E-state index in [1.165, 1.54) is 19.1 Å². The Morgan fingerprint density at radius 1 is 1.12 bits per heavy atom. The van der Waals surface area contributed by atoms with Crippen LogP contribution in [0, 0.1) is 0 Å². The molecule has 3 rings (SSSR count). The van der Waals surface area contributed by atoms with Crippen molar-refractivity contribution in [2.75, 3.05) is 5.32 Å².